The molecule has 0 saturated heterocycles. The fourth-order valence-electron chi connectivity index (χ4n) is 0.590. The van der Waals surface area contributed by atoms with Crippen LogP contribution in [-0.2, 0) is 4.79 Å². The van der Waals surface area contributed by atoms with E-state index in [0.717, 1.165) is 5.75 Å². The van der Waals surface area contributed by atoms with Crippen molar-refractivity contribution < 1.29 is 9.90 Å². The number of rotatable bonds is 6. The van der Waals surface area contributed by atoms with Gasteiger partial charge in [0.25, 0.3) is 0 Å². The second kappa shape index (κ2) is 7.88. The van der Waals surface area contributed by atoms with Crippen LogP contribution >= 0.6 is 11.8 Å². The zero-order valence-electron chi connectivity index (χ0n) is 6.80. The lowest BCUT2D eigenvalue weighted by Gasteiger charge is -2.01. The van der Waals surface area contributed by atoms with Crippen molar-refractivity contribution in [1.29, 1.82) is 0 Å². The van der Waals surface area contributed by atoms with E-state index in [0.29, 0.717) is 19.4 Å². The molecule has 0 saturated carbocycles. The van der Waals surface area contributed by atoms with Crippen molar-refractivity contribution in [2.75, 3.05) is 25.2 Å². The summed E-state index contributed by atoms with van der Waals surface area (Å²) in [5, 5.41) is 11.1. The first-order valence-corrected chi connectivity index (χ1v) is 5.07. The first-order valence-electron chi connectivity index (χ1n) is 3.67. The Balaban J connectivity index is 3.09. The van der Waals surface area contributed by atoms with Gasteiger partial charge in [0.1, 0.15) is 0 Å². The summed E-state index contributed by atoms with van der Waals surface area (Å²) in [5.74, 6) is 0.943. The molecule has 0 aliphatic carbocycles. The zero-order valence-corrected chi connectivity index (χ0v) is 7.62. The third kappa shape index (κ3) is 7.68. The normalized spacial score (nSPS) is 9.64. The highest BCUT2D eigenvalue weighted by atomic mass is 32.2. The molecule has 0 aromatic heterocycles. The summed E-state index contributed by atoms with van der Waals surface area (Å²) < 4.78 is 0. The van der Waals surface area contributed by atoms with Crippen LogP contribution in [0.2, 0.25) is 0 Å². The molecule has 0 radical (unpaired) electrons. The Kier molecular flexibility index (Phi) is 7.72. The SMILES string of the molecule is CSCCC(=O)NCCCO. The molecule has 0 aromatic rings. The lowest BCUT2D eigenvalue weighted by Crippen LogP contribution is -2.25. The Hall–Kier alpha value is -0.220. The molecular formula is C7H15NO2S. The average molecular weight is 177 g/mol. The van der Waals surface area contributed by atoms with E-state index in [1.807, 2.05) is 6.26 Å². The van der Waals surface area contributed by atoms with Crippen LogP contribution in [0.15, 0.2) is 0 Å². The molecule has 3 nitrogen and oxygen atoms in total. The highest BCUT2D eigenvalue weighted by molar-refractivity contribution is 7.98. The van der Waals surface area contributed by atoms with E-state index >= 15 is 0 Å². The number of hydrogen-bond donors (Lipinski definition) is 2. The molecule has 0 unspecified atom stereocenters. The fourth-order valence-corrected chi connectivity index (χ4v) is 0.980. The number of carbonyl (C=O) groups is 1. The number of thioether (sulfide) groups is 1. The van der Waals surface area contributed by atoms with Crippen LogP contribution in [0.3, 0.4) is 0 Å². The molecule has 11 heavy (non-hydrogen) atoms. The van der Waals surface area contributed by atoms with E-state index in [4.69, 9.17) is 5.11 Å². The Bertz CT molecular complexity index is 109. The van der Waals surface area contributed by atoms with Crippen LogP contribution < -0.4 is 5.32 Å². The number of carbonyl (C=O) groups excluding carboxylic acids is 1. The average Bonchev–Trinajstić information content (AvgIpc) is 2.01. The highest BCUT2D eigenvalue weighted by Gasteiger charge is 1.97. The summed E-state index contributed by atoms with van der Waals surface area (Å²) >= 11 is 1.66. The molecule has 1 amide bonds. The molecule has 66 valence electrons. The lowest BCUT2D eigenvalue weighted by atomic mass is 10.4. The standard InChI is InChI=1S/C7H15NO2S/c1-11-6-3-7(10)8-4-2-5-9/h9H,2-6H2,1H3,(H,8,10). The van der Waals surface area contributed by atoms with Gasteiger partial charge in [-0.25, -0.2) is 0 Å². The van der Waals surface area contributed by atoms with Crippen molar-refractivity contribution in [2.24, 2.45) is 0 Å². The maximum atomic E-state index is 10.9. The van der Waals surface area contributed by atoms with Gasteiger partial charge in [-0.15, -0.1) is 0 Å². The van der Waals surface area contributed by atoms with Gasteiger partial charge in [-0.2, -0.15) is 11.8 Å². The number of hydrogen-bond acceptors (Lipinski definition) is 3. The number of nitrogens with one attached hydrogen (secondary N) is 1. The quantitative estimate of drug-likeness (QED) is 0.571. The maximum absolute atomic E-state index is 10.9. The van der Waals surface area contributed by atoms with Gasteiger partial charge >= 0.3 is 0 Å². The predicted octanol–water partition coefficient (Wildman–Crippen LogP) is 0.238. The summed E-state index contributed by atoms with van der Waals surface area (Å²) in [6.45, 7) is 0.729. The third-order valence-electron chi connectivity index (χ3n) is 1.19. The molecule has 0 fully saturated rings. The molecule has 4 heteroatoms. The molecule has 0 aromatic carbocycles. The van der Waals surface area contributed by atoms with Crippen molar-refractivity contribution in [3.05, 3.63) is 0 Å². The van der Waals surface area contributed by atoms with Gasteiger partial charge in [0.2, 0.25) is 5.91 Å². The number of aliphatic hydroxyl groups excluding tert-OH is 1. The lowest BCUT2D eigenvalue weighted by molar-refractivity contribution is -0.120. The van der Waals surface area contributed by atoms with Crippen molar-refractivity contribution in [3.8, 4) is 0 Å². The summed E-state index contributed by atoms with van der Waals surface area (Å²) in [6, 6.07) is 0. The van der Waals surface area contributed by atoms with E-state index < -0.39 is 0 Å². The van der Waals surface area contributed by atoms with E-state index in [1.165, 1.54) is 0 Å². The van der Waals surface area contributed by atoms with E-state index in [1.54, 1.807) is 11.8 Å². The first kappa shape index (κ1) is 10.8. The van der Waals surface area contributed by atoms with Crippen molar-refractivity contribution in [2.45, 2.75) is 12.8 Å². The minimum absolute atomic E-state index is 0.0767. The Morgan fingerprint density at radius 2 is 2.36 bits per heavy atom. The fraction of sp³-hybridized carbons (Fsp3) is 0.857. The minimum atomic E-state index is 0.0767. The maximum Gasteiger partial charge on any atom is 0.220 e. The van der Waals surface area contributed by atoms with Gasteiger partial charge in [0, 0.05) is 25.3 Å². The summed E-state index contributed by atoms with van der Waals surface area (Å²) in [7, 11) is 0. The minimum Gasteiger partial charge on any atom is -0.396 e. The van der Waals surface area contributed by atoms with E-state index in [9.17, 15) is 4.79 Å². The van der Waals surface area contributed by atoms with Crippen LogP contribution in [0.5, 0.6) is 0 Å². The van der Waals surface area contributed by atoms with Gasteiger partial charge in [-0.05, 0) is 12.7 Å². The van der Waals surface area contributed by atoms with Gasteiger partial charge in [0.05, 0.1) is 0 Å². The molecule has 0 atom stereocenters. The molecule has 0 bridgehead atoms. The van der Waals surface area contributed by atoms with Crippen LogP contribution in [0.4, 0.5) is 0 Å². The van der Waals surface area contributed by atoms with Gasteiger partial charge in [0.15, 0.2) is 0 Å². The smallest absolute Gasteiger partial charge is 0.220 e. The van der Waals surface area contributed by atoms with Gasteiger partial charge < -0.3 is 10.4 Å². The van der Waals surface area contributed by atoms with Crippen LogP contribution in [0.1, 0.15) is 12.8 Å². The van der Waals surface area contributed by atoms with Crippen molar-refractivity contribution >= 4 is 17.7 Å². The topological polar surface area (TPSA) is 49.3 Å². The summed E-state index contributed by atoms with van der Waals surface area (Å²) in [5.41, 5.74) is 0. The van der Waals surface area contributed by atoms with E-state index in [-0.39, 0.29) is 12.5 Å². The van der Waals surface area contributed by atoms with Gasteiger partial charge in [-0.1, -0.05) is 0 Å². The second-order valence-corrected chi connectivity index (χ2v) is 3.16. The first-order chi connectivity index (χ1) is 5.31. The molecule has 0 aliphatic heterocycles. The molecule has 0 heterocycles. The molecule has 2 N–H and O–H groups in total. The number of amides is 1. The molecule has 0 rings (SSSR count). The van der Waals surface area contributed by atoms with E-state index in [2.05, 4.69) is 5.32 Å². The molecule has 0 aliphatic rings. The Morgan fingerprint density at radius 3 is 2.91 bits per heavy atom. The summed E-state index contributed by atoms with van der Waals surface area (Å²) in [6.07, 6.45) is 3.19. The molecule has 0 spiro atoms. The second-order valence-electron chi connectivity index (χ2n) is 2.17. The largest absolute Gasteiger partial charge is 0.396 e. The van der Waals surface area contributed by atoms with Crippen LogP contribution in [0.25, 0.3) is 0 Å². The monoisotopic (exact) mass is 177 g/mol. The van der Waals surface area contributed by atoms with Crippen LogP contribution in [0, 0.1) is 0 Å². The van der Waals surface area contributed by atoms with Crippen LogP contribution in [-0.4, -0.2) is 36.2 Å². The predicted molar refractivity (Wildman–Crippen MR) is 47.7 cm³/mol. The Morgan fingerprint density at radius 1 is 1.64 bits per heavy atom. The third-order valence-corrected chi connectivity index (χ3v) is 1.80. The van der Waals surface area contributed by atoms with Gasteiger partial charge in [-0.3, -0.25) is 4.79 Å². The molecular weight excluding hydrogens is 162 g/mol. The summed E-state index contributed by atoms with van der Waals surface area (Å²) in [4.78, 5) is 10.9. The highest BCUT2D eigenvalue weighted by Crippen LogP contribution is 1.94. The zero-order chi connectivity index (χ0) is 8.53. The number of aliphatic hydroxyl groups is 1. The van der Waals surface area contributed by atoms with Crippen molar-refractivity contribution in [1.82, 2.24) is 5.32 Å². The van der Waals surface area contributed by atoms with Crippen molar-refractivity contribution in [3.63, 3.8) is 0 Å². The Labute approximate surface area is 71.6 Å².